The van der Waals surface area contributed by atoms with Gasteiger partial charge in [0.25, 0.3) is 0 Å². The summed E-state index contributed by atoms with van der Waals surface area (Å²) >= 11 is 0. The van der Waals surface area contributed by atoms with Crippen LogP contribution in [0.25, 0.3) is 0 Å². The fraction of sp³-hybridized carbons (Fsp3) is 0.957. The van der Waals surface area contributed by atoms with E-state index in [1.54, 1.807) is 0 Å². The summed E-state index contributed by atoms with van der Waals surface area (Å²) in [6, 6.07) is 0. The second-order valence-electron chi connectivity index (χ2n) is 34.4. The van der Waals surface area contributed by atoms with E-state index in [-0.39, 0.29) is 25.7 Å². The van der Waals surface area contributed by atoms with Gasteiger partial charge in [-0.15, -0.1) is 0 Å². The molecule has 112 heavy (non-hydrogen) atoms. The summed E-state index contributed by atoms with van der Waals surface area (Å²) in [6.45, 7) is 9.69. The van der Waals surface area contributed by atoms with E-state index in [0.29, 0.717) is 25.7 Å². The van der Waals surface area contributed by atoms with E-state index < -0.39 is 97.5 Å². The van der Waals surface area contributed by atoms with Gasteiger partial charge in [-0.25, -0.2) is 9.13 Å². The van der Waals surface area contributed by atoms with Gasteiger partial charge >= 0.3 is 39.5 Å². The quantitative estimate of drug-likeness (QED) is 0.0222. The summed E-state index contributed by atoms with van der Waals surface area (Å²) in [4.78, 5) is 73.5. The molecular weight excluding hydrogens is 1450 g/mol. The number of phosphoric acid groups is 2. The number of aliphatic hydroxyl groups is 1. The predicted octanol–water partition coefficient (Wildman–Crippen LogP) is 29.0. The number of rotatable bonds is 92. The lowest BCUT2D eigenvalue weighted by Crippen LogP contribution is -2.30. The van der Waals surface area contributed by atoms with Gasteiger partial charge in [-0.3, -0.25) is 37.3 Å². The van der Waals surface area contributed by atoms with E-state index in [0.717, 1.165) is 102 Å². The molecule has 0 amide bonds. The van der Waals surface area contributed by atoms with Gasteiger partial charge in [0.15, 0.2) is 12.2 Å². The molecule has 0 saturated carbocycles. The zero-order valence-electron chi connectivity index (χ0n) is 74.0. The Balaban J connectivity index is 5.22. The SMILES string of the molecule is CCCCCCCCCCCCCCCCCCCCCCCCC(=O)OC[C@H](COP(=O)(O)OC[C@@H](O)COP(=O)(O)OC[C@@H](COC(=O)CCCCCCCCCCC(C)C)OC(=O)CCCCCCCCCCCCCCCCC(C)C)OC(=O)CCCCCCCCCCCCCCCCCCCCCCCC. The van der Waals surface area contributed by atoms with E-state index in [4.69, 9.17) is 37.0 Å². The van der Waals surface area contributed by atoms with Gasteiger partial charge in [-0.1, -0.05) is 452 Å². The number of esters is 4. The summed E-state index contributed by atoms with van der Waals surface area (Å²) in [5.41, 5.74) is 0. The predicted molar refractivity (Wildman–Crippen MR) is 465 cm³/mol. The van der Waals surface area contributed by atoms with Crippen LogP contribution in [-0.2, 0) is 65.4 Å². The maximum atomic E-state index is 13.2. The van der Waals surface area contributed by atoms with Crippen LogP contribution in [0.3, 0.4) is 0 Å². The minimum atomic E-state index is -4.97. The van der Waals surface area contributed by atoms with Crippen LogP contribution < -0.4 is 0 Å². The van der Waals surface area contributed by atoms with E-state index in [9.17, 15) is 43.2 Å². The van der Waals surface area contributed by atoms with Gasteiger partial charge in [-0.05, 0) is 37.5 Å². The smallest absolute Gasteiger partial charge is 0.462 e. The Morgan fingerprint density at radius 3 is 0.607 bits per heavy atom. The largest absolute Gasteiger partial charge is 0.472 e. The highest BCUT2D eigenvalue weighted by Crippen LogP contribution is 2.45. The van der Waals surface area contributed by atoms with Crippen molar-refractivity contribution in [3.05, 3.63) is 0 Å². The van der Waals surface area contributed by atoms with Crippen LogP contribution in [0, 0.1) is 11.8 Å². The molecule has 0 aliphatic carbocycles. The zero-order valence-corrected chi connectivity index (χ0v) is 75.8. The summed E-state index contributed by atoms with van der Waals surface area (Å²) in [6.07, 6.45) is 79.5. The summed E-state index contributed by atoms with van der Waals surface area (Å²) < 4.78 is 69.1. The van der Waals surface area contributed by atoms with Crippen LogP contribution in [-0.4, -0.2) is 96.7 Å². The van der Waals surface area contributed by atoms with Crippen LogP contribution in [0.2, 0.25) is 0 Å². The van der Waals surface area contributed by atoms with Gasteiger partial charge in [0, 0.05) is 25.7 Å². The van der Waals surface area contributed by atoms with Crippen LogP contribution in [0.4, 0.5) is 0 Å². The van der Waals surface area contributed by atoms with E-state index in [1.807, 2.05) is 0 Å². The third kappa shape index (κ3) is 85.9. The Morgan fingerprint density at radius 1 is 0.241 bits per heavy atom. The number of hydrogen-bond acceptors (Lipinski definition) is 15. The minimum Gasteiger partial charge on any atom is -0.462 e. The van der Waals surface area contributed by atoms with Crippen molar-refractivity contribution in [2.45, 2.75) is 522 Å². The molecular formula is C93H182O17P2. The highest BCUT2D eigenvalue weighted by atomic mass is 31.2. The molecule has 5 atom stereocenters. The molecule has 0 bridgehead atoms. The molecule has 0 aromatic carbocycles. The zero-order chi connectivity index (χ0) is 82.0. The van der Waals surface area contributed by atoms with Crippen LogP contribution in [0.1, 0.15) is 504 Å². The lowest BCUT2D eigenvalue weighted by atomic mass is 10.0. The Labute approximate surface area is 689 Å². The molecule has 0 aromatic rings. The molecule has 0 aromatic heterocycles. The molecule has 0 saturated heterocycles. The van der Waals surface area contributed by atoms with Crippen molar-refractivity contribution in [2.24, 2.45) is 11.8 Å². The number of unbranched alkanes of at least 4 members (excludes halogenated alkanes) is 62. The molecule has 3 N–H and O–H groups in total. The Kier molecular flexibility index (Phi) is 82.6. The topological polar surface area (TPSA) is 237 Å². The third-order valence-electron chi connectivity index (χ3n) is 22.0. The van der Waals surface area contributed by atoms with Gasteiger partial charge in [0.2, 0.25) is 0 Å². The number of hydrogen-bond donors (Lipinski definition) is 3. The molecule has 0 aliphatic heterocycles. The molecule has 0 fully saturated rings. The Hall–Kier alpha value is -1.94. The second kappa shape index (κ2) is 84.1. The average Bonchev–Trinajstić information content (AvgIpc) is 0.894. The van der Waals surface area contributed by atoms with Crippen molar-refractivity contribution in [3.63, 3.8) is 0 Å². The molecule has 0 aliphatic rings. The molecule has 0 radical (unpaired) electrons. The maximum absolute atomic E-state index is 13.2. The third-order valence-corrected chi connectivity index (χ3v) is 23.9. The maximum Gasteiger partial charge on any atom is 0.472 e. The lowest BCUT2D eigenvalue weighted by molar-refractivity contribution is -0.161. The standard InChI is InChI=1S/C93H182O17P2/c1-7-9-11-13-15-17-19-21-23-25-27-29-31-33-35-37-42-46-50-57-63-69-75-90(95)103-81-88(109-92(97)77-71-65-59-51-47-43-38-36-34-32-30-28-26-24-22-20-18-16-14-12-10-8-2)83-107-111(99,100)105-79-87(94)80-106-112(101,102)108-84-89(82-104-91(96)76-70-64-58-54-53-56-62-68-74-86(5)6)110-93(98)78-72-66-60-52-48-44-40-39-41-45-49-55-61-67-73-85(3)4/h85-89,94H,7-84H2,1-6H3,(H,99,100)(H,101,102)/t87-,88-,89-/m1/s1. The lowest BCUT2D eigenvalue weighted by Gasteiger charge is -2.21. The van der Waals surface area contributed by atoms with Gasteiger partial charge in [0.1, 0.15) is 19.3 Å². The summed E-state index contributed by atoms with van der Waals surface area (Å²) in [5, 5.41) is 10.7. The van der Waals surface area contributed by atoms with Crippen molar-refractivity contribution in [1.29, 1.82) is 0 Å². The fourth-order valence-corrected chi connectivity index (χ4v) is 16.2. The van der Waals surface area contributed by atoms with Crippen molar-refractivity contribution >= 4 is 39.5 Å². The molecule has 19 heteroatoms. The van der Waals surface area contributed by atoms with Crippen LogP contribution in [0.15, 0.2) is 0 Å². The first kappa shape index (κ1) is 110. The highest BCUT2D eigenvalue weighted by Gasteiger charge is 2.31. The Morgan fingerprint density at radius 2 is 0.411 bits per heavy atom. The van der Waals surface area contributed by atoms with E-state index in [1.165, 1.54) is 321 Å². The number of phosphoric ester groups is 2. The first-order chi connectivity index (χ1) is 54.4. The van der Waals surface area contributed by atoms with Gasteiger partial charge in [0.05, 0.1) is 26.4 Å². The Bertz CT molecular complexity index is 2130. The molecule has 2 unspecified atom stereocenters. The molecule has 17 nitrogen and oxygen atoms in total. The summed E-state index contributed by atoms with van der Waals surface area (Å²) in [5.74, 6) is -0.575. The number of aliphatic hydroxyl groups excluding tert-OH is 1. The second-order valence-corrected chi connectivity index (χ2v) is 37.3. The molecule has 0 rings (SSSR count). The normalized spacial score (nSPS) is 13.7. The van der Waals surface area contributed by atoms with Crippen molar-refractivity contribution in [2.75, 3.05) is 39.6 Å². The number of carbonyl (C=O) groups is 4. The molecule has 0 heterocycles. The first-order valence-corrected chi connectivity index (χ1v) is 51.0. The first-order valence-electron chi connectivity index (χ1n) is 48.0. The van der Waals surface area contributed by atoms with Gasteiger partial charge in [-0.2, -0.15) is 0 Å². The highest BCUT2D eigenvalue weighted by molar-refractivity contribution is 7.47. The fourth-order valence-electron chi connectivity index (χ4n) is 14.7. The number of ether oxygens (including phenoxy) is 4. The summed E-state index contributed by atoms with van der Waals surface area (Å²) in [7, 11) is -9.94. The van der Waals surface area contributed by atoms with E-state index in [2.05, 4.69) is 41.5 Å². The molecule has 0 spiro atoms. The van der Waals surface area contributed by atoms with E-state index >= 15 is 0 Å². The van der Waals surface area contributed by atoms with Gasteiger partial charge < -0.3 is 33.8 Å². The number of carbonyl (C=O) groups excluding carboxylic acids is 4. The van der Waals surface area contributed by atoms with Crippen LogP contribution in [0.5, 0.6) is 0 Å². The average molecular weight is 1630 g/mol. The molecule has 666 valence electrons. The minimum absolute atomic E-state index is 0.107. The van der Waals surface area contributed by atoms with Crippen molar-refractivity contribution < 1.29 is 80.2 Å². The van der Waals surface area contributed by atoms with Crippen molar-refractivity contribution in [3.8, 4) is 0 Å². The van der Waals surface area contributed by atoms with Crippen LogP contribution >= 0.6 is 15.6 Å². The monoisotopic (exact) mass is 1630 g/mol. The van der Waals surface area contributed by atoms with Crippen molar-refractivity contribution in [1.82, 2.24) is 0 Å².